The predicted octanol–water partition coefficient (Wildman–Crippen LogP) is 2.83. The molecular weight excluding hydrogens is 198 g/mol. The summed E-state index contributed by atoms with van der Waals surface area (Å²) >= 11 is 0. The Labute approximate surface area is 99.3 Å². The summed E-state index contributed by atoms with van der Waals surface area (Å²) in [6.45, 7) is 6.76. The van der Waals surface area contributed by atoms with Gasteiger partial charge in [0.05, 0.1) is 6.33 Å². The molecule has 1 N–H and O–H groups in total. The quantitative estimate of drug-likeness (QED) is 0.652. The van der Waals surface area contributed by atoms with Gasteiger partial charge < -0.3 is 9.88 Å². The topological polar surface area (TPSA) is 29.9 Å². The lowest BCUT2D eigenvalue weighted by Crippen LogP contribution is -2.26. The highest BCUT2D eigenvalue weighted by Crippen LogP contribution is 2.00. The molecule has 1 unspecified atom stereocenters. The Hall–Kier alpha value is -0.830. The molecule has 3 heteroatoms. The molecule has 1 heterocycles. The van der Waals surface area contributed by atoms with Crippen molar-refractivity contribution in [3.63, 3.8) is 0 Å². The van der Waals surface area contributed by atoms with Gasteiger partial charge in [-0.2, -0.15) is 0 Å². The number of hydrogen-bond acceptors (Lipinski definition) is 2. The standard InChI is InChI=1S/C13H25N3/c1-3-4-7-13(2)15-8-5-6-10-16-11-9-14-12-16/h9,11-13,15H,3-8,10H2,1-2H3. The molecule has 0 amide bonds. The average Bonchev–Trinajstić information content (AvgIpc) is 2.79. The van der Waals surface area contributed by atoms with Crippen LogP contribution in [0.25, 0.3) is 0 Å². The van der Waals surface area contributed by atoms with Gasteiger partial charge in [0.1, 0.15) is 0 Å². The summed E-state index contributed by atoms with van der Waals surface area (Å²) in [5.74, 6) is 0. The Morgan fingerprint density at radius 1 is 1.31 bits per heavy atom. The van der Waals surface area contributed by atoms with E-state index in [0.29, 0.717) is 6.04 Å². The normalized spacial score (nSPS) is 12.9. The number of imidazole rings is 1. The third-order valence-corrected chi connectivity index (χ3v) is 2.89. The number of nitrogens with one attached hydrogen (secondary N) is 1. The van der Waals surface area contributed by atoms with Crippen molar-refractivity contribution in [2.75, 3.05) is 6.54 Å². The van der Waals surface area contributed by atoms with Crippen LogP contribution in [-0.4, -0.2) is 22.1 Å². The zero-order chi connectivity index (χ0) is 11.6. The first kappa shape index (κ1) is 13.2. The lowest BCUT2D eigenvalue weighted by molar-refractivity contribution is 0.475. The molecule has 92 valence electrons. The molecule has 0 aliphatic rings. The highest BCUT2D eigenvalue weighted by atomic mass is 15.0. The van der Waals surface area contributed by atoms with Crippen LogP contribution in [0.3, 0.4) is 0 Å². The van der Waals surface area contributed by atoms with E-state index in [4.69, 9.17) is 0 Å². The van der Waals surface area contributed by atoms with Crippen molar-refractivity contribution >= 4 is 0 Å². The summed E-state index contributed by atoms with van der Waals surface area (Å²) in [5, 5.41) is 3.57. The molecule has 1 aromatic heterocycles. The summed E-state index contributed by atoms with van der Waals surface area (Å²) in [6.07, 6.45) is 12.2. The largest absolute Gasteiger partial charge is 0.337 e. The van der Waals surface area contributed by atoms with Gasteiger partial charge >= 0.3 is 0 Å². The molecule has 1 atom stereocenters. The summed E-state index contributed by atoms with van der Waals surface area (Å²) in [5.41, 5.74) is 0. The van der Waals surface area contributed by atoms with Crippen LogP contribution >= 0.6 is 0 Å². The third-order valence-electron chi connectivity index (χ3n) is 2.89. The Bertz CT molecular complexity index is 244. The van der Waals surface area contributed by atoms with Crippen LogP contribution in [-0.2, 0) is 6.54 Å². The van der Waals surface area contributed by atoms with Gasteiger partial charge in [0, 0.05) is 25.0 Å². The van der Waals surface area contributed by atoms with Crippen LogP contribution in [0.2, 0.25) is 0 Å². The number of hydrogen-bond donors (Lipinski definition) is 1. The molecule has 0 bridgehead atoms. The third kappa shape index (κ3) is 5.91. The molecule has 0 fully saturated rings. The minimum Gasteiger partial charge on any atom is -0.337 e. The Morgan fingerprint density at radius 3 is 2.88 bits per heavy atom. The number of rotatable bonds is 9. The monoisotopic (exact) mass is 223 g/mol. The van der Waals surface area contributed by atoms with Crippen LogP contribution in [0.15, 0.2) is 18.7 Å². The first-order chi connectivity index (χ1) is 7.83. The molecule has 0 saturated heterocycles. The van der Waals surface area contributed by atoms with Crippen LogP contribution in [0, 0.1) is 0 Å². The van der Waals surface area contributed by atoms with Crippen LogP contribution < -0.4 is 5.32 Å². The van der Waals surface area contributed by atoms with Crippen molar-refractivity contribution in [3.05, 3.63) is 18.7 Å². The fraction of sp³-hybridized carbons (Fsp3) is 0.769. The minimum absolute atomic E-state index is 0.674. The van der Waals surface area contributed by atoms with Crippen molar-refractivity contribution in [1.82, 2.24) is 14.9 Å². The maximum atomic E-state index is 4.03. The van der Waals surface area contributed by atoms with Crippen LogP contribution in [0.5, 0.6) is 0 Å². The summed E-state index contributed by atoms with van der Waals surface area (Å²) in [7, 11) is 0. The van der Waals surface area contributed by atoms with Gasteiger partial charge in [-0.3, -0.25) is 0 Å². The second-order valence-corrected chi connectivity index (χ2v) is 4.51. The smallest absolute Gasteiger partial charge is 0.0945 e. The predicted molar refractivity (Wildman–Crippen MR) is 68.5 cm³/mol. The zero-order valence-electron chi connectivity index (χ0n) is 10.7. The maximum Gasteiger partial charge on any atom is 0.0945 e. The van der Waals surface area contributed by atoms with Crippen molar-refractivity contribution < 1.29 is 0 Å². The summed E-state index contributed by atoms with van der Waals surface area (Å²) in [6, 6.07) is 0.674. The molecule has 0 saturated carbocycles. The fourth-order valence-electron chi connectivity index (χ4n) is 1.80. The van der Waals surface area contributed by atoms with Gasteiger partial charge in [-0.05, 0) is 32.7 Å². The summed E-state index contributed by atoms with van der Waals surface area (Å²) in [4.78, 5) is 4.03. The Morgan fingerprint density at radius 2 is 2.19 bits per heavy atom. The molecule has 0 aromatic carbocycles. The highest BCUT2D eigenvalue weighted by Gasteiger charge is 1.99. The van der Waals surface area contributed by atoms with E-state index in [0.717, 1.165) is 13.1 Å². The van der Waals surface area contributed by atoms with E-state index in [1.807, 2.05) is 18.7 Å². The Balaban J connectivity index is 1.91. The average molecular weight is 223 g/mol. The number of aryl methyl sites for hydroxylation is 1. The summed E-state index contributed by atoms with van der Waals surface area (Å²) < 4.78 is 2.14. The number of aromatic nitrogens is 2. The van der Waals surface area contributed by atoms with Crippen molar-refractivity contribution in [3.8, 4) is 0 Å². The number of nitrogens with zero attached hydrogens (tertiary/aromatic N) is 2. The molecule has 0 spiro atoms. The van der Waals surface area contributed by atoms with Gasteiger partial charge in [0.2, 0.25) is 0 Å². The van der Waals surface area contributed by atoms with E-state index in [2.05, 4.69) is 28.7 Å². The van der Waals surface area contributed by atoms with Crippen molar-refractivity contribution in [1.29, 1.82) is 0 Å². The second kappa shape index (κ2) is 8.34. The molecular formula is C13H25N3. The second-order valence-electron chi connectivity index (χ2n) is 4.51. The molecule has 3 nitrogen and oxygen atoms in total. The SMILES string of the molecule is CCCCC(C)NCCCCn1ccnc1. The molecule has 0 aliphatic heterocycles. The zero-order valence-corrected chi connectivity index (χ0v) is 10.7. The van der Waals surface area contributed by atoms with Crippen LogP contribution in [0.4, 0.5) is 0 Å². The van der Waals surface area contributed by atoms with Crippen molar-refractivity contribution in [2.45, 2.75) is 58.5 Å². The van der Waals surface area contributed by atoms with Gasteiger partial charge in [-0.15, -0.1) is 0 Å². The van der Waals surface area contributed by atoms with E-state index in [1.165, 1.54) is 32.1 Å². The molecule has 0 aliphatic carbocycles. The molecule has 16 heavy (non-hydrogen) atoms. The lowest BCUT2D eigenvalue weighted by atomic mass is 10.1. The van der Waals surface area contributed by atoms with Gasteiger partial charge in [0.15, 0.2) is 0 Å². The van der Waals surface area contributed by atoms with Crippen molar-refractivity contribution in [2.24, 2.45) is 0 Å². The number of unbranched alkanes of at least 4 members (excludes halogenated alkanes) is 2. The van der Waals surface area contributed by atoms with Gasteiger partial charge in [0.25, 0.3) is 0 Å². The van der Waals surface area contributed by atoms with Gasteiger partial charge in [-0.25, -0.2) is 4.98 Å². The van der Waals surface area contributed by atoms with E-state index in [1.54, 1.807) is 0 Å². The first-order valence-corrected chi connectivity index (χ1v) is 6.52. The van der Waals surface area contributed by atoms with E-state index in [9.17, 15) is 0 Å². The molecule has 1 rings (SSSR count). The molecule has 1 aromatic rings. The van der Waals surface area contributed by atoms with E-state index < -0.39 is 0 Å². The van der Waals surface area contributed by atoms with E-state index in [-0.39, 0.29) is 0 Å². The maximum absolute atomic E-state index is 4.03. The Kier molecular flexibility index (Phi) is 6.90. The first-order valence-electron chi connectivity index (χ1n) is 6.52. The molecule has 0 radical (unpaired) electrons. The van der Waals surface area contributed by atoms with Crippen LogP contribution in [0.1, 0.15) is 46.0 Å². The van der Waals surface area contributed by atoms with Gasteiger partial charge in [-0.1, -0.05) is 19.8 Å². The minimum atomic E-state index is 0.674. The van der Waals surface area contributed by atoms with E-state index >= 15 is 0 Å². The lowest BCUT2D eigenvalue weighted by Gasteiger charge is -2.12. The fourth-order valence-corrected chi connectivity index (χ4v) is 1.80. The highest BCUT2D eigenvalue weighted by molar-refractivity contribution is 4.73.